The van der Waals surface area contributed by atoms with Crippen molar-refractivity contribution in [1.82, 2.24) is 36.4 Å². The van der Waals surface area contributed by atoms with Crippen LogP contribution in [-0.4, -0.2) is 127 Å². The van der Waals surface area contributed by atoms with Crippen LogP contribution in [0.25, 0.3) is 0 Å². The van der Waals surface area contributed by atoms with Crippen LogP contribution >= 0.6 is 24.8 Å². The van der Waals surface area contributed by atoms with Crippen molar-refractivity contribution in [3.8, 4) is 0 Å². The highest BCUT2D eigenvalue weighted by Crippen LogP contribution is 2.37. The van der Waals surface area contributed by atoms with Gasteiger partial charge in [-0.2, -0.15) is 0 Å². The van der Waals surface area contributed by atoms with Crippen molar-refractivity contribution in [2.75, 3.05) is 33.7 Å². The van der Waals surface area contributed by atoms with Crippen LogP contribution in [0.2, 0.25) is 0 Å². The van der Waals surface area contributed by atoms with Crippen LogP contribution in [0.4, 0.5) is 0 Å². The standard InChI is InChI=1S/C61H91N7O8.2ClH/c1-42(62-3)58(73)65-51(60(75)67-38-20-34-53(67)55(70)40-46-26-18-24-44-22-12-14-30-49(44)46)32-10-7-9-29-48(69)28-8-5-6-11-36-57(72)64-37-17-16-33-52(66-59(74)43(2)63-4)61(76)68-39-21-35-54(68)56(71)41-47-27-19-25-45-23-13-15-31-50(45)47;;/h12-15,22-23,30-31,42-43,46-47,51-54,62-63H,5-11,16-21,24-29,32-41H2,1-4H3,(H,64,72)(H,65,73)(H,66,74);2*1H/t42-,43-,46-,47-,51-,52-,53-,54-;;/m0../s1. The second kappa shape index (κ2) is 34.4. The smallest absolute Gasteiger partial charge is 0.245 e. The largest absolute Gasteiger partial charge is 0.356 e. The second-order valence-corrected chi connectivity index (χ2v) is 22.3. The van der Waals surface area contributed by atoms with Crippen LogP contribution in [0.5, 0.6) is 0 Å². The summed E-state index contributed by atoms with van der Waals surface area (Å²) in [7, 11) is 3.40. The number of fused-ring (bicyclic) bond motifs is 2. The van der Waals surface area contributed by atoms with E-state index in [0.717, 1.165) is 83.5 Å². The lowest BCUT2D eigenvalue weighted by Gasteiger charge is -2.31. The van der Waals surface area contributed by atoms with E-state index in [4.69, 9.17) is 0 Å². The van der Waals surface area contributed by atoms with E-state index < -0.39 is 36.3 Å². The Balaban J connectivity index is 0.00000656. The van der Waals surface area contributed by atoms with Gasteiger partial charge in [-0.3, -0.25) is 38.4 Å². The number of rotatable bonds is 32. The van der Waals surface area contributed by atoms with Gasteiger partial charge in [0, 0.05) is 51.7 Å². The molecule has 0 aromatic heterocycles. The zero-order valence-electron chi connectivity index (χ0n) is 47.2. The van der Waals surface area contributed by atoms with Gasteiger partial charge in [0.2, 0.25) is 29.5 Å². The number of carbonyl (C=O) groups excluding carboxylic acids is 8. The summed E-state index contributed by atoms with van der Waals surface area (Å²) in [5.74, 6) is -0.228. The third-order valence-corrected chi connectivity index (χ3v) is 16.9. The summed E-state index contributed by atoms with van der Waals surface area (Å²) < 4.78 is 0. The van der Waals surface area contributed by atoms with Crippen LogP contribution in [0, 0.1) is 0 Å². The Morgan fingerprint density at radius 3 is 1.41 bits per heavy atom. The Hall–Kier alpha value is -4.70. The van der Waals surface area contributed by atoms with Crippen molar-refractivity contribution in [1.29, 1.82) is 0 Å². The zero-order chi connectivity index (χ0) is 54.4. The monoisotopic (exact) mass is 1120 g/mol. The minimum absolute atomic E-state index is 0. The Morgan fingerprint density at radius 2 is 0.949 bits per heavy atom. The zero-order valence-corrected chi connectivity index (χ0v) is 48.9. The lowest BCUT2D eigenvalue weighted by molar-refractivity contribution is -0.141. The normalized spacial score (nSPS) is 20.1. The maximum absolute atomic E-state index is 14.1. The average molecular weight is 1120 g/mol. The number of Topliss-reactive ketones (excluding diaryl/α,β-unsaturated/α-hetero) is 3. The molecule has 2 heterocycles. The van der Waals surface area contributed by atoms with Crippen molar-refractivity contribution >= 4 is 71.7 Å². The van der Waals surface area contributed by atoms with E-state index in [9.17, 15) is 38.4 Å². The Labute approximate surface area is 477 Å². The van der Waals surface area contributed by atoms with E-state index >= 15 is 0 Å². The number of nitrogens with zero attached hydrogens (tertiary/aromatic N) is 2. The molecule has 5 N–H and O–H groups in total. The fourth-order valence-corrected chi connectivity index (χ4v) is 12.1. The Bertz CT molecular complexity index is 2130. The average Bonchev–Trinajstić information content (AvgIpc) is 4.14. The molecule has 17 heteroatoms. The van der Waals surface area contributed by atoms with Crippen LogP contribution in [-0.2, 0) is 51.2 Å². The molecule has 2 aliphatic heterocycles. The summed E-state index contributed by atoms with van der Waals surface area (Å²) in [6.07, 6.45) is 18.5. The second-order valence-electron chi connectivity index (χ2n) is 22.3. The molecule has 78 heavy (non-hydrogen) atoms. The number of aryl methyl sites for hydroxylation is 2. The van der Waals surface area contributed by atoms with Gasteiger partial charge in [0.05, 0.1) is 24.2 Å². The number of amides is 5. The molecule has 2 saturated heterocycles. The molecular weight excluding hydrogens is 1030 g/mol. The Kier molecular flexibility index (Phi) is 29.1. The number of nitrogens with one attached hydrogen (secondary N) is 5. The van der Waals surface area contributed by atoms with Crippen LogP contribution < -0.4 is 26.6 Å². The molecule has 4 aliphatic rings. The van der Waals surface area contributed by atoms with Crippen molar-refractivity contribution in [2.45, 2.75) is 229 Å². The first-order valence-corrected chi connectivity index (χ1v) is 29.3. The predicted molar refractivity (Wildman–Crippen MR) is 311 cm³/mol. The number of carbonyl (C=O) groups is 8. The van der Waals surface area contributed by atoms with Gasteiger partial charge in [-0.1, -0.05) is 74.2 Å². The molecule has 0 spiro atoms. The summed E-state index contributed by atoms with van der Waals surface area (Å²) >= 11 is 0. The van der Waals surface area contributed by atoms with Gasteiger partial charge in [-0.25, -0.2) is 0 Å². The number of ketones is 3. The molecule has 5 amide bonds. The lowest BCUT2D eigenvalue weighted by Crippen LogP contribution is -2.54. The quantitative estimate of drug-likeness (QED) is 0.0444. The number of hydrogen-bond donors (Lipinski definition) is 5. The summed E-state index contributed by atoms with van der Waals surface area (Å²) in [5, 5.41) is 14.8. The first kappa shape index (κ1) is 65.8. The first-order chi connectivity index (χ1) is 36.8. The Morgan fingerprint density at radius 1 is 0.526 bits per heavy atom. The summed E-state index contributed by atoms with van der Waals surface area (Å²) in [6.45, 7) is 4.95. The molecule has 15 nitrogen and oxygen atoms in total. The number of likely N-dealkylation sites (tertiary alicyclic amines) is 2. The SMILES string of the molecule is CN[C@@H](C)C(=O)N[C@@H](CCCCCC(=O)CCCCCCC(=O)NCCCC[C@H](NC(=O)[C@H](C)NC)C(=O)N1CCC[C@H]1C(=O)C[C@@H]1CCCc2ccccc21)C(=O)N1CCC[C@H]1C(=O)C[C@@H]1CCCc2ccccc21.Cl.Cl. The van der Waals surface area contributed by atoms with Crippen LogP contribution in [0.1, 0.15) is 202 Å². The highest BCUT2D eigenvalue weighted by molar-refractivity contribution is 5.95. The van der Waals surface area contributed by atoms with E-state index in [2.05, 4.69) is 63.0 Å². The third kappa shape index (κ3) is 19.5. The van der Waals surface area contributed by atoms with Crippen LogP contribution in [0.3, 0.4) is 0 Å². The summed E-state index contributed by atoms with van der Waals surface area (Å²) in [5.41, 5.74) is 5.14. The van der Waals surface area contributed by atoms with Gasteiger partial charge >= 0.3 is 0 Å². The molecule has 0 radical (unpaired) electrons. The fourth-order valence-electron chi connectivity index (χ4n) is 12.1. The van der Waals surface area contributed by atoms with E-state index in [1.54, 1.807) is 37.7 Å². The molecule has 8 atom stereocenters. The lowest BCUT2D eigenvalue weighted by atomic mass is 9.79. The molecule has 2 fully saturated rings. The topological polar surface area (TPSA) is 203 Å². The highest BCUT2D eigenvalue weighted by Gasteiger charge is 2.40. The first-order valence-electron chi connectivity index (χ1n) is 29.3. The van der Waals surface area contributed by atoms with Crippen molar-refractivity contribution in [3.05, 3.63) is 70.8 Å². The number of unbranched alkanes of at least 4 members (excludes halogenated alkanes) is 6. The van der Waals surface area contributed by atoms with Crippen LogP contribution in [0.15, 0.2) is 48.5 Å². The van der Waals surface area contributed by atoms with Gasteiger partial charge in [-0.15, -0.1) is 24.8 Å². The number of halogens is 2. The maximum Gasteiger partial charge on any atom is 0.245 e. The maximum atomic E-state index is 14.1. The summed E-state index contributed by atoms with van der Waals surface area (Å²) in [6, 6.07) is 13.3. The van der Waals surface area contributed by atoms with Crippen molar-refractivity contribution in [3.63, 3.8) is 0 Å². The number of likely N-dealkylation sites (N-methyl/N-ethyl adjacent to an activating group) is 2. The van der Waals surface area contributed by atoms with E-state index in [1.807, 2.05) is 12.1 Å². The summed E-state index contributed by atoms with van der Waals surface area (Å²) in [4.78, 5) is 111. The molecular formula is C61H93Cl2N7O8. The third-order valence-electron chi connectivity index (χ3n) is 16.9. The fraction of sp³-hybridized carbons (Fsp3) is 0.672. The molecule has 0 bridgehead atoms. The van der Waals surface area contributed by atoms with Gasteiger partial charge in [-0.05, 0) is 171 Å². The van der Waals surface area contributed by atoms with Gasteiger partial charge < -0.3 is 36.4 Å². The van der Waals surface area contributed by atoms with Crippen molar-refractivity contribution < 1.29 is 38.4 Å². The molecule has 0 unspecified atom stereocenters. The molecule has 2 aromatic carbocycles. The number of benzene rings is 2. The van der Waals surface area contributed by atoms with Crippen molar-refractivity contribution in [2.24, 2.45) is 0 Å². The molecule has 0 saturated carbocycles. The van der Waals surface area contributed by atoms with E-state index in [1.165, 1.54) is 22.3 Å². The molecule has 2 aromatic rings. The van der Waals surface area contributed by atoms with E-state index in [0.29, 0.717) is 103 Å². The molecule has 6 rings (SSSR count). The minimum Gasteiger partial charge on any atom is -0.356 e. The van der Waals surface area contributed by atoms with Gasteiger partial charge in [0.25, 0.3) is 0 Å². The van der Waals surface area contributed by atoms with E-state index in [-0.39, 0.29) is 83.5 Å². The highest BCUT2D eigenvalue weighted by atomic mass is 35.5. The molecule has 434 valence electrons. The minimum atomic E-state index is -0.763. The van der Waals surface area contributed by atoms with Gasteiger partial charge in [0.15, 0.2) is 11.6 Å². The van der Waals surface area contributed by atoms with Gasteiger partial charge in [0.1, 0.15) is 17.9 Å². The number of hydrogen-bond acceptors (Lipinski definition) is 10. The molecule has 2 aliphatic carbocycles. The predicted octanol–water partition coefficient (Wildman–Crippen LogP) is 8.30.